The van der Waals surface area contributed by atoms with Gasteiger partial charge in [-0.3, -0.25) is 9.69 Å². The molecule has 0 spiro atoms. The fraction of sp³-hybridized carbons (Fsp3) is 0.611. The molecule has 1 saturated heterocycles. The monoisotopic (exact) mass is 289 g/mol. The van der Waals surface area contributed by atoms with Crippen molar-refractivity contribution in [2.45, 2.75) is 52.5 Å². The van der Waals surface area contributed by atoms with E-state index in [2.05, 4.69) is 43.0 Å². The molecular formula is C18H27NO2. The van der Waals surface area contributed by atoms with Crippen molar-refractivity contribution < 1.29 is 9.90 Å². The largest absolute Gasteiger partial charge is 0.481 e. The fourth-order valence-electron chi connectivity index (χ4n) is 3.24. The number of aliphatic carboxylic acids is 1. The molecule has 1 heterocycles. The van der Waals surface area contributed by atoms with E-state index < -0.39 is 11.4 Å². The second kappa shape index (κ2) is 6.61. The van der Waals surface area contributed by atoms with E-state index >= 15 is 0 Å². The molecule has 0 amide bonds. The maximum absolute atomic E-state index is 11.6. The number of likely N-dealkylation sites (tertiary alicyclic amines) is 1. The smallest absolute Gasteiger partial charge is 0.310 e. The van der Waals surface area contributed by atoms with Crippen molar-refractivity contribution in [1.29, 1.82) is 0 Å². The molecule has 1 aliphatic rings. The minimum absolute atomic E-state index is 0.546. The van der Waals surface area contributed by atoms with E-state index in [9.17, 15) is 9.90 Å². The van der Waals surface area contributed by atoms with Gasteiger partial charge < -0.3 is 5.11 Å². The molecule has 1 aromatic carbocycles. The highest BCUT2D eigenvalue weighted by molar-refractivity contribution is 5.75. The first-order valence-electron chi connectivity index (χ1n) is 8.01. The number of nitrogens with zero attached hydrogens (tertiary/aromatic N) is 1. The van der Waals surface area contributed by atoms with Crippen LogP contribution in [0.1, 0.15) is 57.1 Å². The molecule has 1 aliphatic heterocycles. The zero-order valence-electron chi connectivity index (χ0n) is 13.4. The maximum Gasteiger partial charge on any atom is 0.310 e. The number of carboxylic acids is 1. The normalized spacial score (nSPS) is 23.4. The van der Waals surface area contributed by atoms with Crippen molar-refractivity contribution in [3.8, 4) is 0 Å². The van der Waals surface area contributed by atoms with Gasteiger partial charge >= 0.3 is 5.97 Å². The predicted octanol–water partition coefficient (Wildman–Crippen LogP) is 3.89. The molecule has 1 unspecified atom stereocenters. The molecule has 0 aromatic heterocycles. The molecule has 1 atom stereocenters. The third-order valence-electron chi connectivity index (χ3n) is 4.84. The Hall–Kier alpha value is -1.35. The summed E-state index contributed by atoms with van der Waals surface area (Å²) in [6.07, 6.45) is 2.50. The predicted molar refractivity (Wildman–Crippen MR) is 85.4 cm³/mol. The number of hydrogen-bond acceptors (Lipinski definition) is 2. The van der Waals surface area contributed by atoms with E-state index in [1.54, 1.807) is 0 Å². The fourth-order valence-corrected chi connectivity index (χ4v) is 3.24. The minimum Gasteiger partial charge on any atom is -0.481 e. The van der Waals surface area contributed by atoms with Gasteiger partial charge in [-0.1, -0.05) is 45.0 Å². The summed E-state index contributed by atoms with van der Waals surface area (Å²) < 4.78 is 0. The van der Waals surface area contributed by atoms with E-state index in [-0.39, 0.29) is 0 Å². The Balaban J connectivity index is 2.04. The number of piperidine rings is 1. The third kappa shape index (κ3) is 3.65. The maximum atomic E-state index is 11.6. The average molecular weight is 289 g/mol. The number of hydrogen-bond donors (Lipinski definition) is 1. The molecule has 0 saturated carbocycles. The Morgan fingerprint density at radius 1 is 1.33 bits per heavy atom. The lowest BCUT2D eigenvalue weighted by molar-refractivity contribution is -0.153. The van der Waals surface area contributed by atoms with Crippen LogP contribution in [0.25, 0.3) is 0 Å². The highest BCUT2D eigenvalue weighted by Crippen LogP contribution is 2.34. The summed E-state index contributed by atoms with van der Waals surface area (Å²) in [5.41, 5.74) is 2.08. The topological polar surface area (TPSA) is 40.5 Å². The van der Waals surface area contributed by atoms with E-state index in [0.717, 1.165) is 25.9 Å². The van der Waals surface area contributed by atoms with Crippen LogP contribution in [0.15, 0.2) is 24.3 Å². The quantitative estimate of drug-likeness (QED) is 0.894. The summed E-state index contributed by atoms with van der Waals surface area (Å²) in [5.74, 6) is -0.0846. The second-order valence-corrected chi connectivity index (χ2v) is 6.65. The average Bonchev–Trinajstić information content (AvgIpc) is 2.47. The first kappa shape index (κ1) is 16.0. The first-order valence-corrected chi connectivity index (χ1v) is 8.01. The third-order valence-corrected chi connectivity index (χ3v) is 4.84. The standard InChI is InChI=1S/C18H27NO2/c1-4-18(17(20)21)10-5-11-19(13-18)12-15-6-8-16(9-7-15)14(2)3/h6-9,14H,4-5,10-13H2,1-3H3,(H,20,21). The lowest BCUT2D eigenvalue weighted by Crippen LogP contribution is -2.47. The summed E-state index contributed by atoms with van der Waals surface area (Å²) in [5, 5.41) is 9.54. The number of rotatable bonds is 5. The van der Waals surface area contributed by atoms with Gasteiger partial charge in [-0.05, 0) is 42.9 Å². The summed E-state index contributed by atoms with van der Waals surface area (Å²) >= 11 is 0. The first-order chi connectivity index (χ1) is 9.97. The lowest BCUT2D eigenvalue weighted by atomic mass is 9.77. The van der Waals surface area contributed by atoms with E-state index in [1.807, 2.05) is 6.92 Å². The van der Waals surface area contributed by atoms with Crippen LogP contribution >= 0.6 is 0 Å². The van der Waals surface area contributed by atoms with E-state index in [0.29, 0.717) is 18.9 Å². The van der Waals surface area contributed by atoms with Crippen molar-refractivity contribution in [3.63, 3.8) is 0 Å². The van der Waals surface area contributed by atoms with Gasteiger partial charge in [-0.15, -0.1) is 0 Å². The molecule has 0 radical (unpaired) electrons. The number of carboxylic acid groups (broad SMARTS) is 1. The van der Waals surface area contributed by atoms with Gasteiger partial charge in [0, 0.05) is 13.1 Å². The Morgan fingerprint density at radius 3 is 2.52 bits per heavy atom. The molecule has 0 aliphatic carbocycles. The van der Waals surface area contributed by atoms with E-state index in [1.165, 1.54) is 11.1 Å². The Morgan fingerprint density at radius 2 is 2.00 bits per heavy atom. The SMILES string of the molecule is CCC1(C(=O)O)CCCN(Cc2ccc(C(C)C)cc2)C1. The van der Waals surface area contributed by atoms with Crippen LogP contribution in [0.5, 0.6) is 0 Å². The molecule has 1 N–H and O–H groups in total. The van der Waals surface area contributed by atoms with Gasteiger partial charge in [0.15, 0.2) is 0 Å². The Bertz CT molecular complexity index is 480. The van der Waals surface area contributed by atoms with Crippen molar-refractivity contribution in [2.75, 3.05) is 13.1 Å². The summed E-state index contributed by atoms with van der Waals surface area (Å²) in [4.78, 5) is 13.9. The van der Waals surface area contributed by atoms with Gasteiger partial charge in [0.05, 0.1) is 5.41 Å². The molecular weight excluding hydrogens is 262 g/mol. The summed E-state index contributed by atoms with van der Waals surface area (Å²) in [7, 11) is 0. The molecule has 3 nitrogen and oxygen atoms in total. The number of carbonyl (C=O) groups is 1. The van der Waals surface area contributed by atoms with Crippen LogP contribution in [0.3, 0.4) is 0 Å². The minimum atomic E-state index is -0.634. The van der Waals surface area contributed by atoms with Crippen molar-refractivity contribution in [2.24, 2.45) is 5.41 Å². The molecule has 2 rings (SSSR count). The lowest BCUT2D eigenvalue weighted by Gasteiger charge is -2.39. The van der Waals surface area contributed by atoms with Gasteiger partial charge in [0.25, 0.3) is 0 Å². The van der Waals surface area contributed by atoms with Gasteiger partial charge in [0.2, 0.25) is 0 Å². The van der Waals surface area contributed by atoms with Crippen LogP contribution in [-0.2, 0) is 11.3 Å². The van der Waals surface area contributed by atoms with Crippen molar-refractivity contribution in [1.82, 2.24) is 4.90 Å². The van der Waals surface area contributed by atoms with Crippen molar-refractivity contribution >= 4 is 5.97 Å². The molecule has 0 bridgehead atoms. The van der Waals surface area contributed by atoms with Crippen LogP contribution < -0.4 is 0 Å². The summed E-state index contributed by atoms with van der Waals surface area (Å²) in [6.45, 7) is 8.92. The highest BCUT2D eigenvalue weighted by Gasteiger charge is 2.40. The van der Waals surface area contributed by atoms with Gasteiger partial charge in [0.1, 0.15) is 0 Å². The number of benzene rings is 1. The van der Waals surface area contributed by atoms with Crippen LogP contribution in [0, 0.1) is 5.41 Å². The van der Waals surface area contributed by atoms with Gasteiger partial charge in [-0.2, -0.15) is 0 Å². The zero-order valence-corrected chi connectivity index (χ0v) is 13.4. The molecule has 1 fully saturated rings. The van der Waals surface area contributed by atoms with Crippen LogP contribution in [-0.4, -0.2) is 29.1 Å². The highest BCUT2D eigenvalue weighted by atomic mass is 16.4. The Kier molecular flexibility index (Phi) is 5.04. The van der Waals surface area contributed by atoms with Crippen molar-refractivity contribution in [3.05, 3.63) is 35.4 Å². The molecule has 21 heavy (non-hydrogen) atoms. The summed E-state index contributed by atoms with van der Waals surface area (Å²) in [6, 6.07) is 8.74. The second-order valence-electron chi connectivity index (χ2n) is 6.65. The molecule has 3 heteroatoms. The molecule has 1 aromatic rings. The van der Waals surface area contributed by atoms with E-state index in [4.69, 9.17) is 0 Å². The Labute approximate surface area is 128 Å². The zero-order chi connectivity index (χ0) is 15.5. The van der Waals surface area contributed by atoms with Crippen LogP contribution in [0.2, 0.25) is 0 Å². The van der Waals surface area contributed by atoms with Crippen LogP contribution in [0.4, 0.5) is 0 Å². The molecule has 116 valence electrons. The van der Waals surface area contributed by atoms with Gasteiger partial charge in [-0.25, -0.2) is 0 Å².